The molecular formula is C16H24N4S. The number of nitrogens with zero attached hydrogens (tertiary/aromatic N) is 3. The Balaban J connectivity index is 1.97. The van der Waals surface area contributed by atoms with Crippen LogP contribution in [0.25, 0.3) is 0 Å². The first kappa shape index (κ1) is 15.9. The SMILES string of the molecule is Cc1ncsc1CN(C)c1cccc(CNCC(C)C)n1. The predicted octanol–water partition coefficient (Wildman–Crippen LogP) is 3.23. The monoisotopic (exact) mass is 304 g/mol. The fourth-order valence-corrected chi connectivity index (χ4v) is 2.87. The van der Waals surface area contributed by atoms with Gasteiger partial charge in [0.1, 0.15) is 5.82 Å². The molecule has 114 valence electrons. The number of aromatic nitrogens is 2. The maximum absolute atomic E-state index is 4.73. The first-order chi connectivity index (χ1) is 10.1. The second-order valence-corrected chi connectivity index (χ2v) is 6.67. The van der Waals surface area contributed by atoms with Crippen LogP contribution in [0, 0.1) is 12.8 Å². The third kappa shape index (κ3) is 4.79. The summed E-state index contributed by atoms with van der Waals surface area (Å²) in [4.78, 5) is 12.5. The smallest absolute Gasteiger partial charge is 0.128 e. The van der Waals surface area contributed by atoms with E-state index in [-0.39, 0.29) is 0 Å². The maximum Gasteiger partial charge on any atom is 0.128 e. The third-order valence-electron chi connectivity index (χ3n) is 3.27. The van der Waals surface area contributed by atoms with Crippen molar-refractivity contribution in [1.29, 1.82) is 0 Å². The number of aryl methyl sites for hydroxylation is 1. The second kappa shape index (κ2) is 7.52. The third-order valence-corrected chi connectivity index (χ3v) is 4.19. The van der Waals surface area contributed by atoms with Crippen molar-refractivity contribution in [3.8, 4) is 0 Å². The minimum Gasteiger partial charge on any atom is -0.354 e. The van der Waals surface area contributed by atoms with Gasteiger partial charge in [-0.3, -0.25) is 0 Å². The molecule has 1 N–H and O–H groups in total. The van der Waals surface area contributed by atoms with Crippen LogP contribution in [0.3, 0.4) is 0 Å². The first-order valence-electron chi connectivity index (χ1n) is 7.33. The van der Waals surface area contributed by atoms with Gasteiger partial charge in [-0.1, -0.05) is 19.9 Å². The van der Waals surface area contributed by atoms with Gasteiger partial charge in [-0.25, -0.2) is 9.97 Å². The van der Waals surface area contributed by atoms with Crippen LogP contribution in [0.1, 0.15) is 30.1 Å². The average molecular weight is 304 g/mol. The molecule has 2 rings (SSSR count). The largest absolute Gasteiger partial charge is 0.354 e. The summed E-state index contributed by atoms with van der Waals surface area (Å²) in [7, 11) is 2.08. The van der Waals surface area contributed by atoms with E-state index in [2.05, 4.69) is 61.2 Å². The van der Waals surface area contributed by atoms with Gasteiger partial charge in [0.05, 0.1) is 23.4 Å². The van der Waals surface area contributed by atoms with E-state index in [0.717, 1.165) is 36.8 Å². The second-order valence-electron chi connectivity index (χ2n) is 5.73. The van der Waals surface area contributed by atoms with Crippen LogP contribution in [-0.4, -0.2) is 23.6 Å². The molecule has 21 heavy (non-hydrogen) atoms. The average Bonchev–Trinajstić information content (AvgIpc) is 2.84. The zero-order chi connectivity index (χ0) is 15.2. The maximum atomic E-state index is 4.73. The highest BCUT2D eigenvalue weighted by molar-refractivity contribution is 7.09. The molecule has 0 aliphatic heterocycles. The fraction of sp³-hybridized carbons (Fsp3) is 0.500. The van der Waals surface area contributed by atoms with Crippen molar-refractivity contribution in [2.24, 2.45) is 5.92 Å². The summed E-state index contributed by atoms with van der Waals surface area (Å²) in [6.07, 6.45) is 0. The van der Waals surface area contributed by atoms with Crippen molar-refractivity contribution in [2.75, 3.05) is 18.5 Å². The van der Waals surface area contributed by atoms with Gasteiger partial charge in [0, 0.05) is 18.5 Å². The first-order valence-corrected chi connectivity index (χ1v) is 8.21. The number of anilines is 1. The molecule has 0 aromatic carbocycles. The Hall–Kier alpha value is -1.46. The molecule has 2 aromatic rings. The predicted molar refractivity (Wildman–Crippen MR) is 89.7 cm³/mol. The van der Waals surface area contributed by atoms with E-state index >= 15 is 0 Å². The quantitative estimate of drug-likeness (QED) is 0.852. The van der Waals surface area contributed by atoms with Gasteiger partial charge in [-0.05, 0) is 31.5 Å². The minimum absolute atomic E-state index is 0.658. The summed E-state index contributed by atoms with van der Waals surface area (Å²) < 4.78 is 0. The van der Waals surface area contributed by atoms with Gasteiger partial charge in [-0.2, -0.15) is 0 Å². The molecule has 0 saturated carbocycles. The van der Waals surface area contributed by atoms with E-state index < -0.39 is 0 Å². The van der Waals surface area contributed by atoms with Crippen LogP contribution in [0.5, 0.6) is 0 Å². The van der Waals surface area contributed by atoms with Gasteiger partial charge < -0.3 is 10.2 Å². The van der Waals surface area contributed by atoms with Crippen molar-refractivity contribution in [3.63, 3.8) is 0 Å². The number of nitrogens with one attached hydrogen (secondary N) is 1. The van der Waals surface area contributed by atoms with Gasteiger partial charge in [0.25, 0.3) is 0 Å². The molecular weight excluding hydrogens is 280 g/mol. The Morgan fingerprint density at radius 1 is 1.33 bits per heavy atom. The summed E-state index contributed by atoms with van der Waals surface area (Å²) in [6.45, 7) is 9.16. The zero-order valence-corrected chi connectivity index (χ0v) is 14.1. The molecule has 0 fully saturated rings. The lowest BCUT2D eigenvalue weighted by Crippen LogP contribution is -2.21. The normalized spacial score (nSPS) is 11.1. The summed E-state index contributed by atoms with van der Waals surface area (Å²) in [5, 5.41) is 3.43. The molecule has 2 aromatic heterocycles. The van der Waals surface area contributed by atoms with Crippen LogP contribution in [0.2, 0.25) is 0 Å². The van der Waals surface area contributed by atoms with Gasteiger partial charge in [-0.15, -0.1) is 11.3 Å². The highest BCUT2D eigenvalue weighted by Crippen LogP contribution is 2.18. The van der Waals surface area contributed by atoms with Gasteiger partial charge in [0.2, 0.25) is 0 Å². The molecule has 0 saturated heterocycles. The molecule has 0 bridgehead atoms. The Kier molecular flexibility index (Phi) is 5.70. The van der Waals surface area contributed by atoms with E-state index in [1.807, 2.05) is 5.51 Å². The Labute approximate surface area is 131 Å². The van der Waals surface area contributed by atoms with Crippen molar-refractivity contribution in [1.82, 2.24) is 15.3 Å². The van der Waals surface area contributed by atoms with Crippen molar-refractivity contribution in [3.05, 3.63) is 40.0 Å². The Morgan fingerprint density at radius 2 is 2.14 bits per heavy atom. The molecule has 0 amide bonds. The standard InChI is InChI=1S/C16H24N4S/c1-12(2)8-17-9-14-6-5-7-16(19-14)20(4)10-15-13(3)18-11-21-15/h5-7,11-12,17H,8-10H2,1-4H3. The Morgan fingerprint density at radius 3 is 2.81 bits per heavy atom. The van der Waals surface area contributed by atoms with E-state index in [0.29, 0.717) is 5.92 Å². The summed E-state index contributed by atoms with van der Waals surface area (Å²) >= 11 is 1.70. The number of rotatable bonds is 7. The number of pyridine rings is 1. The van der Waals surface area contributed by atoms with Crippen molar-refractivity contribution < 1.29 is 0 Å². The molecule has 4 nitrogen and oxygen atoms in total. The minimum atomic E-state index is 0.658. The molecule has 0 aliphatic rings. The molecule has 2 heterocycles. The summed E-state index contributed by atoms with van der Waals surface area (Å²) in [5.74, 6) is 1.66. The lowest BCUT2D eigenvalue weighted by Gasteiger charge is -2.18. The van der Waals surface area contributed by atoms with Crippen LogP contribution in [-0.2, 0) is 13.1 Å². The highest BCUT2D eigenvalue weighted by Gasteiger charge is 2.08. The molecule has 0 spiro atoms. The van der Waals surface area contributed by atoms with Crippen molar-refractivity contribution in [2.45, 2.75) is 33.9 Å². The molecule has 0 aliphatic carbocycles. The fourth-order valence-electron chi connectivity index (χ4n) is 2.04. The molecule has 0 unspecified atom stereocenters. The molecule has 0 atom stereocenters. The molecule has 0 radical (unpaired) electrons. The van der Waals surface area contributed by atoms with Crippen LogP contribution in [0.15, 0.2) is 23.7 Å². The van der Waals surface area contributed by atoms with E-state index in [9.17, 15) is 0 Å². The number of hydrogen-bond donors (Lipinski definition) is 1. The van der Waals surface area contributed by atoms with Crippen LogP contribution >= 0.6 is 11.3 Å². The summed E-state index contributed by atoms with van der Waals surface area (Å²) in [6, 6.07) is 6.20. The van der Waals surface area contributed by atoms with Gasteiger partial charge >= 0.3 is 0 Å². The molecule has 5 heteroatoms. The number of thiazole rings is 1. The van der Waals surface area contributed by atoms with E-state index in [1.165, 1.54) is 4.88 Å². The lowest BCUT2D eigenvalue weighted by atomic mass is 10.2. The van der Waals surface area contributed by atoms with E-state index in [1.54, 1.807) is 11.3 Å². The van der Waals surface area contributed by atoms with E-state index in [4.69, 9.17) is 4.98 Å². The van der Waals surface area contributed by atoms with Crippen LogP contribution in [0.4, 0.5) is 5.82 Å². The Bertz CT molecular complexity index is 565. The lowest BCUT2D eigenvalue weighted by molar-refractivity contribution is 0.548. The zero-order valence-electron chi connectivity index (χ0n) is 13.3. The van der Waals surface area contributed by atoms with Crippen LogP contribution < -0.4 is 10.2 Å². The van der Waals surface area contributed by atoms with Crippen molar-refractivity contribution >= 4 is 17.2 Å². The topological polar surface area (TPSA) is 41.1 Å². The number of hydrogen-bond acceptors (Lipinski definition) is 5. The highest BCUT2D eigenvalue weighted by atomic mass is 32.1. The summed E-state index contributed by atoms with van der Waals surface area (Å²) in [5.41, 5.74) is 4.10. The van der Waals surface area contributed by atoms with Gasteiger partial charge in [0.15, 0.2) is 0 Å².